The number of hydrogen-bond acceptors (Lipinski definition) is 4. The number of hydrogen-bond donors (Lipinski definition) is 2. The summed E-state index contributed by atoms with van der Waals surface area (Å²) in [6.07, 6.45) is 3.00. The molecule has 6 nitrogen and oxygen atoms in total. The van der Waals surface area contributed by atoms with Crippen LogP contribution < -0.4 is 5.32 Å². The molecule has 7 heteroatoms. The molecule has 1 saturated heterocycles. The standard InChI is InChI=1S/C13H26N2O4S/c1-2-8-15(11-12-5-3-7-14-10-12)20(18,19)9-4-6-13(16)17/h12,14H,2-11H2,1H3,(H,16,17). The molecule has 0 aromatic rings. The summed E-state index contributed by atoms with van der Waals surface area (Å²) in [5.41, 5.74) is 0. The van der Waals surface area contributed by atoms with E-state index in [1.54, 1.807) is 4.31 Å². The van der Waals surface area contributed by atoms with Crippen LogP contribution in [0.5, 0.6) is 0 Å². The van der Waals surface area contributed by atoms with Crippen LogP contribution in [-0.4, -0.2) is 55.7 Å². The second-order valence-electron chi connectivity index (χ2n) is 5.38. The Hall–Kier alpha value is -0.660. The number of nitrogens with zero attached hydrogens (tertiary/aromatic N) is 1. The number of piperidine rings is 1. The summed E-state index contributed by atoms with van der Waals surface area (Å²) in [5.74, 6) is -0.650. The van der Waals surface area contributed by atoms with Crippen LogP contribution in [0.1, 0.15) is 39.0 Å². The van der Waals surface area contributed by atoms with Crippen molar-refractivity contribution in [3.63, 3.8) is 0 Å². The van der Waals surface area contributed by atoms with Gasteiger partial charge in [0.1, 0.15) is 0 Å². The van der Waals surface area contributed by atoms with Crippen molar-refractivity contribution < 1.29 is 18.3 Å². The van der Waals surface area contributed by atoms with Gasteiger partial charge in [-0.2, -0.15) is 0 Å². The minimum absolute atomic E-state index is 0.0700. The topological polar surface area (TPSA) is 86.7 Å². The zero-order valence-electron chi connectivity index (χ0n) is 12.2. The molecule has 1 rings (SSSR count). The first-order chi connectivity index (χ1) is 9.45. The highest BCUT2D eigenvalue weighted by atomic mass is 32.2. The van der Waals surface area contributed by atoms with Crippen molar-refractivity contribution in [1.29, 1.82) is 0 Å². The van der Waals surface area contributed by atoms with Gasteiger partial charge in [0.05, 0.1) is 5.75 Å². The van der Waals surface area contributed by atoms with Gasteiger partial charge in [-0.25, -0.2) is 12.7 Å². The Morgan fingerprint density at radius 2 is 2.20 bits per heavy atom. The molecule has 20 heavy (non-hydrogen) atoms. The highest BCUT2D eigenvalue weighted by Crippen LogP contribution is 2.15. The van der Waals surface area contributed by atoms with E-state index in [2.05, 4.69) is 5.32 Å². The van der Waals surface area contributed by atoms with Gasteiger partial charge < -0.3 is 10.4 Å². The van der Waals surface area contributed by atoms with Gasteiger partial charge in [-0.3, -0.25) is 4.79 Å². The van der Waals surface area contributed by atoms with Crippen LogP contribution >= 0.6 is 0 Å². The Balaban J connectivity index is 2.55. The van der Waals surface area contributed by atoms with E-state index in [0.717, 1.165) is 32.4 Å². The zero-order chi connectivity index (χ0) is 15.0. The van der Waals surface area contributed by atoms with Crippen LogP contribution in [0, 0.1) is 5.92 Å². The average Bonchev–Trinajstić information content (AvgIpc) is 2.38. The molecular weight excluding hydrogens is 280 g/mol. The summed E-state index contributed by atoms with van der Waals surface area (Å²) in [6.45, 7) is 4.90. The minimum Gasteiger partial charge on any atom is -0.481 e. The summed E-state index contributed by atoms with van der Waals surface area (Å²) in [7, 11) is -3.34. The van der Waals surface area contributed by atoms with Crippen molar-refractivity contribution in [2.45, 2.75) is 39.0 Å². The van der Waals surface area contributed by atoms with Crippen molar-refractivity contribution in [2.24, 2.45) is 5.92 Å². The van der Waals surface area contributed by atoms with Gasteiger partial charge in [0.15, 0.2) is 0 Å². The summed E-state index contributed by atoms with van der Waals surface area (Å²) in [4.78, 5) is 10.5. The predicted octanol–water partition coefficient (Wildman–Crippen LogP) is 0.893. The molecule has 1 unspecified atom stereocenters. The molecule has 0 radical (unpaired) electrons. The Kier molecular flexibility index (Phi) is 7.47. The van der Waals surface area contributed by atoms with Crippen molar-refractivity contribution >= 4 is 16.0 Å². The Bertz CT molecular complexity index is 391. The molecule has 0 aliphatic carbocycles. The minimum atomic E-state index is -3.34. The number of carbonyl (C=O) groups is 1. The summed E-state index contributed by atoms with van der Waals surface area (Å²) < 4.78 is 26.1. The molecule has 1 aliphatic heterocycles. The summed E-state index contributed by atoms with van der Waals surface area (Å²) >= 11 is 0. The Morgan fingerprint density at radius 3 is 2.75 bits per heavy atom. The lowest BCUT2D eigenvalue weighted by Gasteiger charge is -2.29. The molecule has 1 fully saturated rings. The molecule has 0 aromatic heterocycles. The van der Waals surface area contributed by atoms with Gasteiger partial charge in [0.25, 0.3) is 0 Å². The number of aliphatic carboxylic acids is 1. The maximum atomic E-state index is 12.3. The number of nitrogens with one attached hydrogen (secondary N) is 1. The molecule has 0 amide bonds. The summed E-state index contributed by atoms with van der Waals surface area (Å²) in [6, 6.07) is 0. The molecule has 0 bridgehead atoms. The Labute approximate surface area is 121 Å². The van der Waals surface area contributed by atoms with E-state index in [1.807, 2.05) is 6.92 Å². The van der Waals surface area contributed by atoms with Gasteiger partial charge in [0.2, 0.25) is 10.0 Å². The van der Waals surface area contributed by atoms with Gasteiger partial charge >= 0.3 is 5.97 Å². The molecular formula is C13H26N2O4S. The van der Waals surface area contributed by atoms with E-state index in [4.69, 9.17) is 5.11 Å². The molecule has 0 spiro atoms. The lowest BCUT2D eigenvalue weighted by molar-refractivity contribution is -0.137. The van der Waals surface area contributed by atoms with Crippen molar-refractivity contribution in [1.82, 2.24) is 9.62 Å². The van der Waals surface area contributed by atoms with Crippen molar-refractivity contribution in [3.8, 4) is 0 Å². The lowest BCUT2D eigenvalue weighted by atomic mass is 10.00. The van der Waals surface area contributed by atoms with Crippen LogP contribution in [-0.2, 0) is 14.8 Å². The molecule has 0 saturated carbocycles. The maximum Gasteiger partial charge on any atom is 0.303 e. The largest absolute Gasteiger partial charge is 0.481 e. The van der Waals surface area contributed by atoms with E-state index in [1.165, 1.54) is 0 Å². The fourth-order valence-corrected chi connectivity index (χ4v) is 4.16. The second kappa shape index (κ2) is 8.59. The van der Waals surface area contributed by atoms with Crippen molar-refractivity contribution in [3.05, 3.63) is 0 Å². The summed E-state index contributed by atoms with van der Waals surface area (Å²) in [5, 5.41) is 11.9. The van der Waals surface area contributed by atoms with Gasteiger partial charge in [-0.1, -0.05) is 6.92 Å². The highest BCUT2D eigenvalue weighted by Gasteiger charge is 2.25. The first-order valence-corrected chi connectivity index (χ1v) is 8.97. The van der Waals surface area contributed by atoms with Gasteiger partial charge in [-0.05, 0) is 44.7 Å². The molecule has 0 aromatic carbocycles. The third kappa shape index (κ3) is 6.19. The molecule has 1 aliphatic rings. The van der Waals surface area contributed by atoms with E-state index in [0.29, 0.717) is 19.0 Å². The first kappa shape index (κ1) is 17.4. The molecule has 2 N–H and O–H groups in total. The third-order valence-corrected chi connectivity index (χ3v) is 5.44. The molecule has 118 valence electrons. The maximum absolute atomic E-state index is 12.3. The molecule has 1 heterocycles. The van der Waals surface area contributed by atoms with Crippen LogP contribution in [0.4, 0.5) is 0 Å². The van der Waals surface area contributed by atoms with Crippen molar-refractivity contribution in [2.75, 3.05) is 31.9 Å². The zero-order valence-corrected chi connectivity index (χ0v) is 13.0. The first-order valence-electron chi connectivity index (χ1n) is 7.36. The number of carboxylic acid groups (broad SMARTS) is 1. The van der Waals surface area contributed by atoms with Crippen LogP contribution in [0.3, 0.4) is 0 Å². The molecule has 1 atom stereocenters. The smallest absolute Gasteiger partial charge is 0.303 e. The van der Waals surface area contributed by atoms with E-state index in [9.17, 15) is 13.2 Å². The van der Waals surface area contributed by atoms with Crippen LogP contribution in [0.2, 0.25) is 0 Å². The lowest BCUT2D eigenvalue weighted by Crippen LogP contribution is -2.42. The van der Waals surface area contributed by atoms with Crippen LogP contribution in [0.25, 0.3) is 0 Å². The number of rotatable bonds is 9. The Morgan fingerprint density at radius 1 is 1.45 bits per heavy atom. The number of sulfonamides is 1. The predicted molar refractivity (Wildman–Crippen MR) is 78.1 cm³/mol. The van der Waals surface area contributed by atoms with E-state index >= 15 is 0 Å². The monoisotopic (exact) mass is 306 g/mol. The van der Waals surface area contributed by atoms with Crippen LogP contribution in [0.15, 0.2) is 0 Å². The SMILES string of the molecule is CCCN(CC1CCCNC1)S(=O)(=O)CCCC(=O)O. The van der Waals surface area contributed by atoms with Gasteiger partial charge in [0, 0.05) is 19.5 Å². The second-order valence-corrected chi connectivity index (χ2v) is 7.47. The highest BCUT2D eigenvalue weighted by molar-refractivity contribution is 7.89. The van der Waals surface area contributed by atoms with E-state index in [-0.39, 0.29) is 18.6 Å². The number of carboxylic acids is 1. The van der Waals surface area contributed by atoms with E-state index < -0.39 is 16.0 Å². The fourth-order valence-electron chi connectivity index (χ4n) is 2.50. The fraction of sp³-hybridized carbons (Fsp3) is 0.923. The van der Waals surface area contributed by atoms with Gasteiger partial charge in [-0.15, -0.1) is 0 Å². The third-order valence-electron chi connectivity index (χ3n) is 3.52. The average molecular weight is 306 g/mol. The quantitative estimate of drug-likeness (QED) is 0.661. The normalized spacial score (nSPS) is 20.2.